The fourth-order valence-corrected chi connectivity index (χ4v) is 6.17. The predicted octanol–water partition coefficient (Wildman–Crippen LogP) is 5.06. The van der Waals surface area contributed by atoms with E-state index in [1.54, 1.807) is 6.07 Å². The van der Waals surface area contributed by atoms with Crippen molar-refractivity contribution in [1.82, 2.24) is 15.1 Å². The van der Waals surface area contributed by atoms with Crippen molar-refractivity contribution in [2.75, 3.05) is 29.9 Å². The zero-order chi connectivity index (χ0) is 35.6. The van der Waals surface area contributed by atoms with E-state index in [-0.39, 0.29) is 18.9 Å². The van der Waals surface area contributed by atoms with Crippen LogP contribution in [0.2, 0.25) is 0 Å². The molecule has 1 aliphatic heterocycles. The lowest BCUT2D eigenvalue weighted by atomic mass is 9.93. The van der Waals surface area contributed by atoms with E-state index in [4.69, 9.17) is 9.84 Å². The number of carboxylic acids is 1. The molecule has 2 heterocycles. The first kappa shape index (κ1) is 36.1. The molecule has 50 heavy (non-hydrogen) atoms. The van der Waals surface area contributed by atoms with E-state index in [0.29, 0.717) is 38.2 Å². The summed E-state index contributed by atoms with van der Waals surface area (Å²) in [4.78, 5) is 38.4. The molecule has 0 aliphatic carbocycles. The quantitative estimate of drug-likeness (QED) is 0.109. The smallest absolute Gasteiger partial charge is 0.319 e. The minimum absolute atomic E-state index is 0.0937. The minimum atomic E-state index is -1.20. The van der Waals surface area contributed by atoms with Crippen molar-refractivity contribution in [1.29, 1.82) is 0 Å². The number of hydrogen-bond donors (Lipinski definition) is 5. The van der Waals surface area contributed by atoms with Gasteiger partial charge in [0.05, 0.1) is 38.0 Å². The summed E-state index contributed by atoms with van der Waals surface area (Å²) in [7, 11) is 0. The number of aliphatic hydroxyl groups excluding tert-OH is 2. The lowest BCUT2D eigenvalue weighted by molar-refractivity contribution is -0.139. The second kappa shape index (κ2) is 17.0. The number of aliphatic carboxylic acids is 1. The van der Waals surface area contributed by atoms with Gasteiger partial charge in [-0.05, 0) is 85.2 Å². The van der Waals surface area contributed by atoms with Crippen molar-refractivity contribution in [3.05, 3.63) is 95.3 Å². The van der Waals surface area contributed by atoms with E-state index >= 15 is 0 Å². The molecule has 5 rings (SSSR count). The molecule has 0 radical (unpaired) electrons. The van der Waals surface area contributed by atoms with Crippen LogP contribution in [0.15, 0.2) is 73.1 Å². The summed E-state index contributed by atoms with van der Waals surface area (Å²) in [6.07, 6.45) is 3.66. The van der Waals surface area contributed by atoms with Crippen LogP contribution in [0, 0.1) is 13.8 Å². The standard InChI is InChI=1S/C38H45N5O7/c1-25-8-3-14-35(26(25)2)50-17-7-15-36(46)43-16-6-12-33-32(11-5-13-34(33)43)28-21-40-42(24-28)23-27-9-4-10-29(18-27)41-38(49)39-22-31(45)19-30(44)20-37(47)48/h3-5,8-11,13-14,18,21,24,30-31,44-45H,6-7,12,15-17,19-20,22-23H2,1-2H3,(H,47,48)(H2,39,41,49)/t30-,31+/m1/s1. The molecule has 4 aromatic rings. The number of nitrogens with one attached hydrogen (secondary N) is 2. The van der Waals surface area contributed by atoms with E-state index in [9.17, 15) is 24.6 Å². The van der Waals surface area contributed by atoms with Crippen LogP contribution < -0.4 is 20.3 Å². The Morgan fingerprint density at radius 3 is 2.64 bits per heavy atom. The van der Waals surface area contributed by atoms with E-state index in [2.05, 4.69) is 34.8 Å². The van der Waals surface area contributed by atoms with Crippen LogP contribution in [0.25, 0.3) is 11.1 Å². The lowest BCUT2D eigenvalue weighted by Crippen LogP contribution is -2.37. The monoisotopic (exact) mass is 683 g/mol. The molecule has 1 aliphatic rings. The SMILES string of the molecule is Cc1cccc(OCCCC(=O)N2CCCc3c(-c4cnn(Cc5cccc(NC(=O)NC[C@@H](O)C[C@@H](O)CC(=O)O)c5)c4)cccc32)c1C. The molecule has 3 aromatic carbocycles. The average molecular weight is 684 g/mol. The van der Waals surface area contributed by atoms with Crippen molar-refractivity contribution >= 4 is 29.3 Å². The average Bonchev–Trinajstić information content (AvgIpc) is 3.54. The minimum Gasteiger partial charge on any atom is -0.493 e. The molecule has 5 N–H and O–H groups in total. The van der Waals surface area contributed by atoms with Crippen molar-refractivity contribution in [3.8, 4) is 16.9 Å². The van der Waals surface area contributed by atoms with Gasteiger partial charge in [0.1, 0.15) is 5.75 Å². The molecule has 0 spiro atoms. The number of amides is 3. The van der Waals surface area contributed by atoms with Gasteiger partial charge in [0.2, 0.25) is 5.91 Å². The molecule has 0 fully saturated rings. The second-order valence-corrected chi connectivity index (χ2v) is 12.7. The first-order valence-corrected chi connectivity index (χ1v) is 16.9. The van der Waals surface area contributed by atoms with Gasteiger partial charge in [0.25, 0.3) is 0 Å². The number of fused-ring (bicyclic) bond motifs is 1. The number of aliphatic hydroxyl groups is 2. The highest BCUT2D eigenvalue weighted by atomic mass is 16.5. The first-order valence-electron chi connectivity index (χ1n) is 16.9. The zero-order valence-electron chi connectivity index (χ0n) is 28.5. The third-order valence-corrected chi connectivity index (χ3v) is 8.83. The van der Waals surface area contributed by atoms with E-state index in [0.717, 1.165) is 52.1 Å². The highest BCUT2D eigenvalue weighted by Crippen LogP contribution is 2.36. The van der Waals surface area contributed by atoms with Crippen molar-refractivity contribution in [2.24, 2.45) is 0 Å². The third-order valence-electron chi connectivity index (χ3n) is 8.83. The maximum absolute atomic E-state index is 13.4. The number of urea groups is 1. The number of carbonyl (C=O) groups excluding carboxylic acids is 2. The van der Waals surface area contributed by atoms with Crippen LogP contribution in [0.3, 0.4) is 0 Å². The van der Waals surface area contributed by atoms with Gasteiger partial charge in [0, 0.05) is 49.1 Å². The molecule has 12 heteroatoms. The Labute approximate surface area is 291 Å². The number of hydrogen-bond acceptors (Lipinski definition) is 7. The van der Waals surface area contributed by atoms with Crippen LogP contribution in [0.1, 0.15) is 54.4 Å². The Morgan fingerprint density at radius 1 is 1.02 bits per heavy atom. The number of anilines is 2. The predicted molar refractivity (Wildman–Crippen MR) is 190 cm³/mol. The molecule has 264 valence electrons. The molecule has 2 atom stereocenters. The summed E-state index contributed by atoms with van der Waals surface area (Å²) in [6, 6.07) is 18.9. The van der Waals surface area contributed by atoms with Gasteiger partial charge in [-0.3, -0.25) is 14.3 Å². The van der Waals surface area contributed by atoms with Gasteiger partial charge < -0.3 is 35.6 Å². The number of aryl methyl sites for hydroxylation is 1. The van der Waals surface area contributed by atoms with Crippen LogP contribution in [0.4, 0.5) is 16.2 Å². The highest BCUT2D eigenvalue weighted by Gasteiger charge is 2.25. The van der Waals surface area contributed by atoms with Crippen LogP contribution in [0.5, 0.6) is 5.75 Å². The summed E-state index contributed by atoms with van der Waals surface area (Å²) in [6.45, 7) is 5.59. The van der Waals surface area contributed by atoms with E-state index in [1.165, 1.54) is 5.56 Å². The summed E-state index contributed by atoms with van der Waals surface area (Å²) in [5.41, 5.74) is 7.85. The Bertz CT molecular complexity index is 1810. The molecular formula is C38H45N5O7. The normalized spacial score (nSPS) is 13.6. The van der Waals surface area contributed by atoms with Crippen molar-refractivity contribution < 1.29 is 34.4 Å². The van der Waals surface area contributed by atoms with E-state index in [1.807, 2.05) is 71.4 Å². The largest absolute Gasteiger partial charge is 0.493 e. The molecule has 1 aromatic heterocycles. The number of nitrogens with zero attached hydrogens (tertiary/aromatic N) is 3. The van der Waals surface area contributed by atoms with Gasteiger partial charge in [-0.25, -0.2) is 4.79 Å². The molecule has 0 unspecified atom stereocenters. The number of benzene rings is 3. The lowest BCUT2D eigenvalue weighted by Gasteiger charge is -2.31. The Balaban J connectivity index is 1.16. The number of rotatable bonds is 15. The van der Waals surface area contributed by atoms with Gasteiger partial charge >= 0.3 is 12.0 Å². The second-order valence-electron chi connectivity index (χ2n) is 12.7. The van der Waals surface area contributed by atoms with Gasteiger partial charge in [-0.15, -0.1) is 0 Å². The Morgan fingerprint density at radius 2 is 1.82 bits per heavy atom. The number of carboxylic acid groups (broad SMARTS) is 1. The van der Waals surface area contributed by atoms with E-state index < -0.39 is 30.6 Å². The third kappa shape index (κ3) is 9.70. The zero-order valence-corrected chi connectivity index (χ0v) is 28.5. The first-order chi connectivity index (χ1) is 24.1. The van der Waals surface area contributed by atoms with Crippen LogP contribution in [-0.4, -0.2) is 74.9 Å². The van der Waals surface area contributed by atoms with Crippen molar-refractivity contribution in [3.63, 3.8) is 0 Å². The van der Waals surface area contributed by atoms with Gasteiger partial charge in [-0.1, -0.05) is 36.4 Å². The number of aromatic nitrogens is 2. The highest BCUT2D eigenvalue weighted by molar-refractivity contribution is 5.96. The van der Waals surface area contributed by atoms with Crippen LogP contribution in [-0.2, 0) is 22.6 Å². The maximum atomic E-state index is 13.4. The molecule has 0 bridgehead atoms. The molecule has 0 saturated carbocycles. The summed E-state index contributed by atoms with van der Waals surface area (Å²) in [5, 5.41) is 38.3. The Hall–Kier alpha value is -5.20. The molecule has 0 saturated heterocycles. The van der Waals surface area contributed by atoms with Crippen LogP contribution >= 0.6 is 0 Å². The van der Waals surface area contributed by atoms with Gasteiger partial charge in [0.15, 0.2) is 0 Å². The molecular weight excluding hydrogens is 638 g/mol. The Kier molecular flexibility index (Phi) is 12.2. The summed E-state index contributed by atoms with van der Waals surface area (Å²) in [5.74, 6) is -0.207. The maximum Gasteiger partial charge on any atom is 0.319 e. The molecule has 12 nitrogen and oxygen atoms in total. The topological polar surface area (TPSA) is 166 Å². The fraction of sp³-hybridized carbons (Fsp3) is 0.368. The van der Waals surface area contributed by atoms with Gasteiger partial charge in [-0.2, -0.15) is 5.10 Å². The summed E-state index contributed by atoms with van der Waals surface area (Å²) >= 11 is 0. The summed E-state index contributed by atoms with van der Waals surface area (Å²) < 4.78 is 7.80. The number of ether oxygens (including phenoxy) is 1. The molecule has 3 amide bonds. The number of carbonyl (C=O) groups is 3. The fourth-order valence-electron chi connectivity index (χ4n) is 6.17. The van der Waals surface area contributed by atoms with Crippen molar-refractivity contribution in [2.45, 2.75) is 71.1 Å².